The molecule has 4 rings (SSSR count). The van der Waals surface area contributed by atoms with Crippen molar-refractivity contribution in [2.24, 2.45) is 11.0 Å². The molecule has 2 aromatic carbocycles. The molecule has 0 radical (unpaired) electrons. The minimum absolute atomic E-state index is 0.0816. The Hall–Kier alpha value is -4.70. The molecular weight excluding hydrogens is 486 g/mol. The van der Waals surface area contributed by atoms with Crippen LogP contribution in [0.5, 0.6) is 0 Å². The van der Waals surface area contributed by atoms with Crippen LogP contribution in [0.25, 0.3) is 16.0 Å². The van der Waals surface area contributed by atoms with E-state index in [0.717, 1.165) is 26.7 Å². The lowest BCUT2D eigenvalue weighted by atomic mass is 9.95. The van der Waals surface area contributed by atoms with Gasteiger partial charge in [0, 0.05) is 45.6 Å². The quantitative estimate of drug-likeness (QED) is 0.0494. The van der Waals surface area contributed by atoms with Gasteiger partial charge in [0.1, 0.15) is 0 Å². The summed E-state index contributed by atoms with van der Waals surface area (Å²) in [5, 5.41) is 28.6. The average Bonchev–Trinajstić information content (AvgIpc) is 3.48. The van der Waals surface area contributed by atoms with Gasteiger partial charge in [0.15, 0.2) is 0 Å². The standard InChI is InChI=1S/C26H25N9OS/c27-13-17-7-9-18(10-8-17)14-31-16-24(21(28)15-32-34-29)35(30)26(36)20-12-23(25-6-3-11-37-25)33-22-5-2-1-4-19(20)22/h1-13,16,23,27-28,31,33H,14-15,30H2/b24-16+,27-13?,28-21?. The van der Waals surface area contributed by atoms with Crippen LogP contribution in [-0.4, -0.2) is 29.4 Å². The molecule has 0 fully saturated rings. The average molecular weight is 512 g/mol. The summed E-state index contributed by atoms with van der Waals surface area (Å²) in [7, 11) is 0. The van der Waals surface area contributed by atoms with E-state index in [0.29, 0.717) is 17.7 Å². The summed E-state index contributed by atoms with van der Waals surface area (Å²) in [5.41, 5.74) is 12.3. The number of carbonyl (C=O) groups excluding carboxylic acids is 1. The van der Waals surface area contributed by atoms with E-state index in [9.17, 15) is 4.79 Å². The largest absolute Gasteiger partial charge is 0.385 e. The second-order valence-corrected chi connectivity index (χ2v) is 9.08. The number of carbonyl (C=O) groups is 1. The van der Waals surface area contributed by atoms with Crippen molar-refractivity contribution >= 4 is 40.4 Å². The molecule has 1 unspecified atom stereocenters. The first-order chi connectivity index (χ1) is 18.0. The Kier molecular flexibility index (Phi) is 8.11. The number of thiophene rings is 1. The summed E-state index contributed by atoms with van der Waals surface area (Å²) in [6.07, 6.45) is 4.58. The molecule has 37 heavy (non-hydrogen) atoms. The molecule has 1 aliphatic heterocycles. The highest BCUT2D eigenvalue weighted by Gasteiger charge is 2.29. The number of nitrogens with zero attached hydrogens (tertiary/aromatic N) is 4. The smallest absolute Gasteiger partial charge is 0.273 e. The van der Waals surface area contributed by atoms with Gasteiger partial charge in [0.25, 0.3) is 5.91 Å². The molecule has 186 valence electrons. The van der Waals surface area contributed by atoms with Gasteiger partial charge in [-0.25, -0.2) is 10.9 Å². The number of hydrogen-bond acceptors (Lipinski definition) is 8. The highest BCUT2D eigenvalue weighted by Crippen LogP contribution is 2.37. The summed E-state index contributed by atoms with van der Waals surface area (Å²) in [4.78, 5) is 17.5. The van der Waals surface area contributed by atoms with Crippen LogP contribution in [0.3, 0.4) is 0 Å². The maximum Gasteiger partial charge on any atom is 0.273 e. The SMILES string of the molecule is [N-]=[N+]=NCC(=N)/C(=C\NCc1ccc(C=N)cc1)N(N)C(=O)C1=CC(c2cccs2)Nc2ccccc21. The van der Waals surface area contributed by atoms with Crippen LogP contribution < -0.4 is 16.5 Å². The lowest BCUT2D eigenvalue weighted by molar-refractivity contribution is -0.123. The number of fused-ring (bicyclic) bond motifs is 1. The Balaban J connectivity index is 1.62. The van der Waals surface area contributed by atoms with E-state index in [1.165, 1.54) is 12.4 Å². The number of azide groups is 1. The maximum absolute atomic E-state index is 13.7. The Labute approximate surface area is 217 Å². The van der Waals surface area contributed by atoms with Gasteiger partial charge < -0.3 is 21.5 Å². The molecule has 6 N–H and O–H groups in total. The van der Waals surface area contributed by atoms with Crippen LogP contribution in [0.15, 0.2) is 89.1 Å². The van der Waals surface area contributed by atoms with E-state index in [-0.39, 0.29) is 24.0 Å². The first kappa shape index (κ1) is 25.4. The number of hydrogen-bond donors (Lipinski definition) is 5. The first-order valence-electron chi connectivity index (χ1n) is 11.3. The fourth-order valence-electron chi connectivity index (χ4n) is 3.84. The van der Waals surface area contributed by atoms with Crippen LogP contribution in [0.4, 0.5) is 5.69 Å². The fraction of sp³-hybridized carbons (Fsp3) is 0.115. The minimum Gasteiger partial charge on any atom is -0.385 e. The summed E-state index contributed by atoms with van der Waals surface area (Å²) in [6, 6.07) is 18.6. The molecule has 0 spiro atoms. The van der Waals surface area contributed by atoms with Crippen molar-refractivity contribution in [1.82, 2.24) is 10.3 Å². The molecule has 0 saturated carbocycles. The zero-order valence-electron chi connectivity index (χ0n) is 19.8. The van der Waals surface area contributed by atoms with E-state index in [1.807, 2.05) is 72.1 Å². The zero-order chi connectivity index (χ0) is 26.2. The number of hydrazine groups is 1. The zero-order valence-corrected chi connectivity index (χ0v) is 20.6. The van der Waals surface area contributed by atoms with Crippen molar-refractivity contribution in [3.63, 3.8) is 0 Å². The molecule has 1 aromatic heterocycles. The number of nitrogens with one attached hydrogen (secondary N) is 4. The molecule has 1 aliphatic rings. The summed E-state index contributed by atoms with van der Waals surface area (Å²) >= 11 is 1.58. The molecule has 1 atom stereocenters. The predicted octanol–water partition coefficient (Wildman–Crippen LogP) is 4.96. The van der Waals surface area contributed by atoms with Crippen molar-refractivity contribution in [3.8, 4) is 0 Å². The molecule has 3 aromatic rings. The van der Waals surface area contributed by atoms with Gasteiger partial charge in [-0.3, -0.25) is 4.79 Å². The number of para-hydroxylation sites is 1. The van der Waals surface area contributed by atoms with Gasteiger partial charge in [-0.2, -0.15) is 0 Å². The van der Waals surface area contributed by atoms with Crippen molar-refractivity contribution in [1.29, 1.82) is 10.8 Å². The second-order valence-electron chi connectivity index (χ2n) is 8.10. The molecule has 2 heterocycles. The molecule has 0 aliphatic carbocycles. The number of amides is 1. The lowest BCUT2D eigenvalue weighted by Crippen LogP contribution is -2.41. The summed E-state index contributed by atoms with van der Waals surface area (Å²) in [5.74, 6) is 5.82. The number of anilines is 1. The van der Waals surface area contributed by atoms with Crippen molar-refractivity contribution in [3.05, 3.63) is 116 Å². The van der Waals surface area contributed by atoms with Crippen LogP contribution in [0.1, 0.15) is 27.6 Å². The van der Waals surface area contributed by atoms with E-state index in [2.05, 4.69) is 20.7 Å². The second kappa shape index (κ2) is 11.8. The molecule has 1 amide bonds. The van der Waals surface area contributed by atoms with E-state index >= 15 is 0 Å². The minimum atomic E-state index is -0.496. The number of rotatable bonds is 10. The van der Waals surface area contributed by atoms with Gasteiger partial charge in [-0.15, -0.1) is 11.3 Å². The van der Waals surface area contributed by atoms with Crippen LogP contribution in [0.2, 0.25) is 0 Å². The molecule has 0 saturated heterocycles. The van der Waals surface area contributed by atoms with E-state index < -0.39 is 5.91 Å². The monoisotopic (exact) mass is 511 g/mol. The number of benzene rings is 2. The topological polar surface area (TPSA) is 167 Å². The van der Waals surface area contributed by atoms with Crippen molar-refractivity contribution in [2.75, 3.05) is 11.9 Å². The molecular formula is C26H25N9OS. The summed E-state index contributed by atoms with van der Waals surface area (Å²) in [6.45, 7) is 0.128. The predicted molar refractivity (Wildman–Crippen MR) is 147 cm³/mol. The lowest BCUT2D eigenvalue weighted by Gasteiger charge is -2.28. The fourth-order valence-corrected chi connectivity index (χ4v) is 4.58. The highest BCUT2D eigenvalue weighted by atomic mass is 32.1. The molecule has 0 bridgehead atoms. The third-order valence-electron chi connectivity index (χ3n) is 5.71. The van der Waals surface area contributed by atoms with Crippen LogP contribution in [-0.2, 0) is 11.3 Å². The number of nitrogens with two attached hydrogens (primary N) is 1. The Morgan fingerprint density at radius 3 is 2.70 bits per heavy atom. The maximum atomic E-state index is 13.7. The van der Waals surface area contributed by atoms with Gasteiger partial charge >= 0.3 is 0 Å². The highest BCUT2D eigenvalue weighted by molar-refractivity contribution is 7.10. The summed E-state index contributed by atoms with van der Waals surface area (Å²) < 4.78 is 0. The van der Waals surface area contributed by atoms with Gasteiger partial charge in [0.2, 0.25) is 0 Å². The van der Waals surface area contributed by atoms with Gasteiger partial charge in [-0.05, 0) is 40.2 Å². The first-order valence-corrected chi connectivity index (χ1v) is 12.2. The van der Waals surface area contributed by atoms with E-state index in [4.69, 9.17) is 22.2 Å². The van der Waals surface area contributed by atoms with Crippen molar-refractivity contribution in [2.45, 2.75) is 12.6 Å². The van der Waals surface area contributed by atoms with Crippen molar-refractivity contribution < 1.29 is 4.79 Å². The van der Waals surface area contributed by atoms with Gasteiger partial charge in [0.05, 0.1) is 24.0 Å². The van der Waals surface area contributed by atoms with Crippen LogP contribution in [0, 0.1) is 10.8 Å². The Morgan fingerprint density at radius 2 is 2.00 bits per heavy atom. The third-order valence-corrected chi connectivity index (χ3v) is 6.67. The van der Waals surface area contributed by atoms with Gasteiger partial charge in [-0.1, -0.05) is 53.6 Å². The molecule has 10 nitrogen and oxygen atoms in total. The Bertz CT molecular complexity index is 1400. The third kappa shape index (κ3) is 5.93. The van der Waals surface area contributed by atoms with Crippen LogP contribution >= 0.6 is 11.3 Å². The normalized spacial score (nSPS) is 14.4. The van der Waals surface area contributed by atoms with E-state index in [1.54, 1.807) is 11.3 Å². The Morgan fingerprint density at radius 1 is 1.22 bits per heavy atom. The molecule has 11 heteroatoms.